The standard InChI is InChI=1S/C18H23N7O2/c1-24(18(26)23-16(19)20)12-13-3-2-4-14(9-13)15-10-21-17(22-11-15)25-5-7-27-8-6-25/h2-4,9-11H,5-8,12H2,1H3,(H4,19,20,23,26). The molecule has 3 rings (SSSR count). The zero-order chi connectivity index (χ0) is 19.2. The number of aromatic nitrogens is 2. The number of aliphatic imine (C=N–C) groups is 1. The van der Waals surface area contributed by atoms with Gasteiger partial charge in [-0.05, 0) is 17.2 Å². The third-order valence-corrected chi connectivity index (χ3v) is 4.16. The minimum Gasteiger partial charge on any atom is -0.378 e. The number of amides is 2. The van der Waals surface area contributed by atoms with Gasteiger partial charge < -0.3 is 26.0 Å². The Morgan fingerprint density at radius 2 is 1.93 bits per heavy atom. The molecule has 0 bridgehead atoms. The number of hydrogen-bond acceptors (Lipinski definition) is 5. The number of ether oxygens (including phenoxy) is 1. The quantitative estimate of drug-likeness (QED) is 0.604. The number of carbonyl (C=O) groups is 1. The minimum absolute atomic E-state index is 0.252. The molecule has 1 fully saturated rings. The van der Waals surface area contributed by atoms with E-state index in [2.05, 4.69) is 19.9 Å². The summed E-state index contributed by atoms with van der Waals surface area (Å²) in [5.41, 5.74) is 13.3. The molecule has 9 nitrogen and oxygen atoms in total. The molecular weight excluding hydrogens is 346 g/mol. The van der Waals surface area contributed by atoms with E-state index in [0.29, 0.717) is 25.7 Å². The zero-order valence-electron chi connectivity index (χ0n) is 15.2. The summed E-state index contributed by atoms with van der Waals surface area (Å²) in [5, 5.41) is 0. The first-order chi connectivity index (χ1) is 13.0. The van der Waals surface area contributed by atoms with Gasteiger partial charge in [-0.2, -0.15) is 4.99 Å². The first kappa shape index (κ1) is 18.6. The molecule has 1 aliphatic heterocycles. The lowest BCUT2D eigenvalue weighted by Gasteiger charge is -2.26. The average Bonchev–Trinajstić information content (AvgIpc) is 2.68. The van der Waals surface area contributed by atoms with Crippen molar-refractivity contribution in [2.24, 2.45) is 16.5 Å². The van der Waals surface area contributed by atoms with E-state index in [1.165, 1.54) is 4.90 Å². The first-order valence-corrected chi connectivity index (χ1v) is 8.62. The summed E-state index contributed by atoms with van der Waals surface area (Å²) >= 11 is 0. The molecular formula is C18H23N7O2. The highest BCUT2D eigenvalue weighted by atomic mass is 16.5. The van der Waals surface area contributed by atoms with E-state index in [9.17, 15) is 4.79 Å². The molecule has 0 atom stereocenters. The number of morpholine rings is 1. The molecule has 1 saturated heterocycles. The average molecular weight is 369 g/mol. The molecule has 0 spiro atoms. The van der Waals surface area contributed by atoms with Crippen molar-refractivity contribution in [3.63, 3.8) is 0 Å². The first-order valence-electron chi connectivity index (χ1n) is 8.62. The Labute approximate surface area is 157 Å². The van der Waals surface area contributed by atoms with Crippen LogP contribution in [0, 0.1) is 0 Å². The van der Waals surface area contributed by atoms with Crippen LogP contribution in [-0.2, 0) is 11.3 Å². The molecule has 1 aromatic carbocycles. The van der Waals surface area contributed by atoms with Crippen LogP contribution in [0.2, 0.25) is 0 Å². The van der Waals surface area contributed by atoms with Gasteiger partial charge >= 0.3 is 6.03 Å². The maximum absolute atomic E-state index is 11.8. The Bertz CT molecular complexity index is 813. The fraction of sp³-hybridized carbons (Fsp3) is 0.333. The lowest BCUT2D eigenvalue weighted by Crippen LogP contribution is -2.37. The van der Waals surface area contributed by atoms with Crippen molar-refractivity contribution in [3.05, 3.63) is 42.2 Å². The van der Waals surface area contributed by atoms with E-state index in [0.717, 1.165) is 29.8 Å². The van der Waals surface area contributed by atoms with Gasteiger partial charge in [0.15, 0.2) is 5.96 Å². The second-order valence-corrected chi connectivity index (χ2v) is 6.25. The van der Waals surface area contributed by atoms with Crippen LogP contribution >= 0.6 is 0 Å². The third kappa shape index (κ3) is 4.91. The summed E-state index contributed by atoms with van der Waals surface area (Å²) in [6.07, 6.45) is 3.62. The van der Waals surface area contributed by atoms with Gasteiger partial charge in [-0.1, -0.05) is 18.2 Å². The number of nitrogens with two attached hydrogens (primary N) is 2. The molecule has 2 heterocycles. The van der Waals surface area contributed by atoms with Gasteiger partial charge in [-0.15, -0.1) is 0 Å². The van der Waals surface area contributed by atoms with Crippen molar-refractivity contribution in [2.75, 3.05) is 38.3 Å². The van der Waals surface area contributed by atoms with Crippen LogP contribution < -0.4 is 16.4 Å². The number of anilines is 1. The summed E-state index contributed by atoms with van der Waals surface area (Å²) in [4.78, 5) is 27.9. The Morgan fingerprint density at radius 1 is 1.22 bits per heavy atom. The summed E-state index contributed by atoms with van der Waals surface area (Å²) in [5.74, 6) is 0.457. The van der Waals surface area contributed by atoms with Gasteiger partial charge in [-0.3, -0.25) is 0 Å². The predicted octanol–water partition coefficient (Wildman–Crippen LogP) is 0.805. The molecule has 0 unspecified atom stereocenters. The lowest BCUT2D eigenvalue weighted by molar-refractivity contribution is 0.122. The predicted molar refractivity (Wildman–Crippen MR) is 103 cm³/mol. The fourth-order valence-electron chi connectivity index (χ4n) is 2.78. The second-order valence-electron chi connectivity index (χ2n) is 6.25. The van der Waals surface area contributed by atoms with Crippen molar-refractivity contribution >= 4 is 17.9 Å². The van der Waals surface area contributed by atoms with Gasteiger partial charge in [0.25, 0.3) is 0 Å². The van der Waals surface area contributed by atoms with Gasteiger partial charge in [0, 0.05) is 44.6 Å². The van der Waals surface area contributed by atoms with E-state index >= 15 is 0 Å². The molecule has 4 N–H and O–H groups in total. The fourth-order valence-corrected chi connectivity index (χ4v) is 2.78. The van der Waals surface area contributed by atoms with Crippen molar-refractivity contribution in [1.82, 2.24) is 14.9 Å². The molecule has 0 saturated carbocycles. The molecule has 142 valence electrons. The molecule has 9 heteroatoms. The van der Waals surface area contributed by atoms with Crippen LogP contribution in [0.5, 0.6) is 0 Å². The molecule has 1 aliphatic rings. The van der Waals surface area contributed by atoms with Crippen LogP contribution in [0.1, 0.15) is 5.56 Å². The molecule has 1 aromatic heterocycles. The van der Waals surface area contributed by atoms with E-state index in [1.54, 1.807) is 7.05 Å². The molecule has 2 aromatic rings. The summed E-state index contributed by atoms with van der Waals surface area (Å²) in [7, 11) is 1.64. The van der Waals surface area contributed by atoms with Gasteiger partial charge in [-0.25, -0.2) is 14.8 Å². The van der Waals surface area contributed by atoms with Gasteiger partial charge in [0.1, 0.15) is 0 Å². The van der Waals surface area contributed by atoms with Crippen LogP contribution in [0.4, 0.5) is 10.7 Å². The Kier molecular flexibility index (Phi) is 5.82. The Balaban J connectivity index is 1.71. The SMILES string of the molecule is CN(Cc1cccc(-c2cnc(N3CCOCC3)nc2)c1)C(=O)N=C(N)N. The van der Waals surface area contributed by atoms with Crippen LogP contribution in [0.25, 0.3) is 11.1 Å². The van der Waals surface area contributed by atoms with Crippen molar-refractivity contribution in [1.29, 1.82) is 0 Å². The smallest absolute Gasteiger partial charge is 0.346 e. The van der Waals surface area contributed by atoms with E-state index < -0.39 is 6.03 Å². The number of urea groups is 1. The normalized spacial score (nSPS) is 13.9. The number of hydrogen-bond donors (Lipinski definition) is 2. The third-order valence-electron chi connectivity index (χ3n) is 4.16. The Hall–Kier alpha value is -3.20. The zero-order valence-corrected chi connectivity index (χ0v) is 15.2. The monoisotopic (exact) mass is 369 g/mol. The number of rotatable bonds is 4. The van der Waals surface area contributed by atoms with E-state index in [-0.39, 0.29) is 5.96 Å². The van der Waals surface area contributed by atoms with Crippen molar-refractivity contribution in [2.45, 2.75) is 6.54 Å². The van der Waals surface area contributed by atoms with Crippen molar-refractivity contribution in [3.8, 4) is 11.1 Å². The highest BCUT2D eigenvalue weighted by Crippen LogP contribution is 2.21. The molecule has 0 radical (unpaired) electrons. The van der Waals surface area contributed by atoms with Crippen LogP contribution in [0.15, 0.2) is 41.7 Å². The molecule has 27 heavy (non-hydrogen) atoms. The summed E-state index contributed by atoms with van der Waals surface area (Å²) < 4.78 is 5.35. The van der Waals surface area contributed by atoms with E-state index in [1.807, 2.05) is 36.7 Å². The highest BCUT2D eigenvalue weighted by molar-refractivity contribution is 5.90. The van der Waals surface area contributed by atoms with Gasteiger partial charge in [0.2, 0.25) is 5.95 Å². The van der Waals surface area contributed by atoms with Crippen molar-refractivity contribution < 1.29 is 9.53 Å². The second kappa shape index (κ2) is 8.45. The number of carbonyl (C=O) groups excluding carboxylic acids is 1. The summed E-state index contributed by atoms with van der Waals surface area (Å²) in [6, 6.07) is 7.35. The number of guanidine groups is 1. The number of benzene rings is 1. The van der Waals surface area contributed by atoms with Gasteiger partial charge in [0.05, 0.1) is 13.2 Å². The minimum atomic E-state index is -0.487. The molecule has 0 aliphatic carbocycles. The summed E-state index contributed by atoms with van der Waals surface area (Å²) in [6.45, 7) is 3.37. The lowest BCUT2D eigenvalue weighted by atomic mass is 10.1. The van der Waals surface area contributed by atoms with E-state index in [4.69, 9.17) is 16.2 Å². The Morgan fingerprint density at radius 3 is 2.59 bits per heavy atom. The highest BCUT2D eigenvalue weighted by Gasteiger charge is 2.14. The largest absolute Gasteiger partial charge is 0.378 e. The molecule has 2 amide bonds. The van der Waals surface area contributed by atoms with Crippen LogP contribution in [-0.4, -0.2) is 60.2 Å². The number of nitrogens with zero attached hydrogens (tertiary/aromatic N) is 5. The maximum atomic E-state index is 11.8. The topological polar surface area (TPSA) is 123 Å². The maximum Gasteiger partial charge on any atom is 0.346 e. The van der Waals surface area contributed by atoms with Crippen LogP contribution in [0.3, 0.4) is 0 Å².